The van der Waals surface area contributed by atoms with Crippen molar-refractivity contribution in [1.29, 1.82) is 0 Å². The molecule has 0 radical (unpaired) electrons. The molecular formula is C17H16Cl4. The van der Waals surface area contributed by atoms with Crippen LogP contribution in [0.25, 0.3) is 0 Å². The molecule has 0 spiro atoms. The average Bonchev–Trinajstić information content (AvgIpc) is 2.52. The lowest BCUT2D eigenvalue weighted by Gasteiger charge is -2.30. The molecule has 0 fully saturated rings. The summed E-state index contributed by atoms with van der Waals surface area (Å²) in [7, 11) is 0. The summed E-state index contributed by atoms with van der Waals surface area (Å²) in [6, 6.07) is 15.9. The smallest absolute Gasteiger partial charge is 0.0624 e. The third-order valence-electron chi connectivity index (χ3n) is 3.59. The molecular weight excluding hydrogens is 346 g/mol. The first-order valence-electron chi connectivity index (χ1n) is 6.69. The molecule has 2 aromatic rings. The van der Waals surface area contributed by atoms with E-state index in [0.717, 1.165) is 12.0 Å². The van der Waals surface area contributed by atoms with Gasteiger partial charge in [0, 0.05) is 17.2 Å². The second-order valence-electron chi connectivity index (χ2n) is 5.32. The van der Waals surface area contributed by atoms with Gasteiger partial charge in [0.25, 0.3) is 0 Å². The molecule has 0 saturated carbocycles. The molecule has 21 heavy (non-hydrogen) atoms. The van der Waals surface area contributed by atoms with E-state index >= 15 is 0 Å². The van der Waals surface area contributed by atoms with Crippen LogP contribution in [-0.2, 0) is 12.8 Å². The maximum Gasteiger partial charge on any atom is 0.0624 e. The van der Waals surface area contributed by atoms with Gasteiger partial charge in [-0.25, -0.2) is 0 Å². The van der Waals surface area contributed by atoms with Crippen molar-refractivity contribution in [3.05, 3.63) is 69.7 Å². The van der Waals surface area contributed by atoms with Crippen LogP contribution in [0.4, 0.5) is 0 Å². The topological polar surface area (TPSA) is 0 Å². The van der Waals surface area contributed by atoms with Crippen molar-refractivity contribution in [3.8, 4) is 0 Å². The lowest BCUT2D eigenvalue weighted by atomic mass is 9.79. The van der Waals surface area contributed by atoms with Gasteiger partial charge < -0.3 is 0 Å². The van der Waals surface area contributed by atoms with E-state index < -0.39 is 0 Å². The van der Waals surface area contributed by atoms with Crippen molar-refractivity contribution in [3.63, 3.8) is 0 Å². The van der Waals surface area contributed by atoms with Crippen LogP contribution in [0.15, 0.2) is 48.5 Å². The number of halogens is 4. The number of hydrogen-bond donors (Lipinski definition) is 0. The number of hydrogen-bond acceptors (Lipinski definition) is 0. The van der Waals surface area contributed by atoms with Crippen molar-refractivity contribution in [2.45, 2.75) is 12.8 Å². The highest BCUT2D eigenvalue weighted by Crippen LogP contribution is 2.35. The number of benzene rings is 2. The highest BCUT2D eigenvalue weighted by atomic mass is 35.5. The molecule has 0 aliphatic heterocycles. The fourth-order valence-electron chi connectivity index (χ4n) is 2.41. The molecule has 0 amide bonds. The molecule has 4 heteroatoms. The molecule has 0 heterocycles. The van der Waals surface area contributed by atoms with Crippen molar-refractivity contribution >= 4 is 46.4 Å². The van der Waals surface area contributed by atoms with Gasteiger partial charge in [-0.05, 0) is 30.0 Å². The van der Waals surface area contributed by atoms with E-state index in [4.69, 9.17) is 46.4 Å². The van der Waals surface area contributed by atoms with Gasteiger partial charge in [-0.2, -0.15) is 0 Å². The highest BCUT2D eigenvalue weighted by Gasteiger charge is 2.30. The third kappa shape index (κ3) is 4.29. The predicted octanol–water partition coefficient (Wildman–Crippen LogP) is 6.24. The lowest BCUT2D eigenvalue weighted by molar-refractivity contribution is 0.374. The molecule has 2 rings (SSSR count). The van der Waals surface area contributed by atoms with Crippen LogP contribution in [0.1, 0.15) is 11.1 Å². The molecule has 0 atom stereocenters. The van der Waals surface area contributed by atoms with Crippen LogP contribution in [0.2, 0.25) is 10.0 Å². The van der Waals surface area contributed by atoms with Gasteiger partial charge >= 0.3 is 0 Å². The zero-order chi connectivity index (χ0) is 15.3. The minimum atomic E-state index is -0.237. The molecule has 0 aliphatic carbocycles. The van der Waals surface area contributed by atoms with E-state index in [1.54, 1.807) is 6.07 Å². The summed E-state index contributed by atoms with van der Waals surface area (Å²) in [6.07, 6.45) is 1.51. The third-order valence-corrected chi connectivity index (χ3v) is 5.58. The summed E-state index contributed by atoms with van der Waals surface area (Å²) in [4.78, 5) is 0. The Bertz CT molecular complexity index is 577. The summed E-state index contributed by atoms with van der Waals surface area (Å²) in [5, 5.41) is 1.15. The van der Waals surface area contributed by atoms with Gasteiger partial charge in [-0.15, -0.1) is 23.2 Å². The highest BCUT2D eigenvalue weighted by molar-refractivity contribution is 6.42. The molecule has 112 valence electrons. The van der Waals surface area contributed by atoms with Crippen molar-refractivity contribution in [2.75, 3.05) is 11.8 Å². The first kappa shape index (κ1) is 17.0. The zero-order valence-corrected chi connectivity index (χ0v) is 14.5. The summed E-state index contributed by atoms with van der Waals surface area (Å²) in [6.45, 7) is 0. The number of alkyl halides is 2. The van der Waals surface area contributed by atoms with E-state index in [1.807, 2.05) is 30.3 Å². The maximum atomic E-state index is 6.30. The molecule has 0 nitrogen and oxygen atoms in total. The average molecular weight is 362 g/mol. The van der Waals surface area contributed by atoms with Gasteiger partial charge in [0.1, 0.15) is 0 Å². The van der Waals surface area contributed by atoms with Gasteiger partial charge in [0.15, 0.2) is 0 Å². The quantitative estimate of drug-likeness (QED) is 0.534. The predicted molar refractivity (Wildman–Crippen MR) is 94.2 cm³/mol. The first-order valence-corrected chi connectivity index (χ1v) is 8.51. The van der Waals surface area contributed by atoms with E-state index in [9.17, 15) is 0 Å². The lowest BCUT2D eigenvalue weighted by Crippen LogP contribution is -2.31. The fraction of sp³-hybridized carbons (Fsp3) is 0.294. The molecule has 2 aromatic carbocycles. The Labute approximate surface area is 146 Å². The largest absolute Gasteiger partial charge is 0.126 e. The van der Waals surface area contributed by atoms with Crippen molar-refractivity contribution in [1.82, 2.24) is 0 Å². The molecule has 0 saturated heterocycles. The second kappa shape index (κ2) is 7.74. The van der Waals surface area contributed by atoms with Crippen LogP contribution in [0.5, 0.6) is 0 Å². The normalized spacial score (nSPS) is 11.6. The fourth-order valence-corrected chi connectivity index (χ4v) is 3.46. The van der Waals surface area contributed by atoms with Crippen LogP contribution < -0.4 is 0 Å². The summed E-state index contributed by atoms with van der Waals surface area (Å²) in [5.74, 6) is 0.933. The minimum absolute atomic E-state index is 0.237. The standard InChI is InChI=1S/C17H16Cl4/c18-11-17(12-19,9-13-5-2-1-3-6-13)10-14-7-4-8-15(20)16(14)21/h1-8H,9-12H2. The summed E-state index contributed by atoms with van der Waals surface area (Å²) < 4.78 is 0. The second-order valence-corrected chi connectivity index (χ2v) is 6.64. The summed E-state index contributed by atoms with van der Waals surface area (Å²) in [5.41, 5.74) is 1.97. The SMILES string of the molecule is ClCC(CCl)(Cc1ccccc1)Cc1cccc(Cl)c1Cl. The Kier molecular flexibility index (Phi) is 6.25. The van der Waals surface area contributed by atoms with Gasteiger partial charge in [-0.1, -0.05) is 65.7 Å². The van der Waals surface area contributed by atoms with Crippen molar-refractivity contribution < 1.29 is 0 Å². The van der Waals surface area contributed by atoms with E-state index in [2.05, 4.69) is 12.1 Å². The summed E-state index contributed by atoms with van der Waals surface area (Å²) >= 11 is 24.9. The Morgan fingerprint density at radius 2 is 1.43 bits per heavy atom. The number of rotatable bonds is 6. The Morgan fingerprint density at radius 1 is 0.762 bits per heavy atom. The molecule has 0 aliphatic rings. The zero-order valence-electron chi connectivity index (χ0n) is 11.5. The van der Waals surface area contributed by atoms with E-state index in [1.165, 1.54) is 5.56 Å². The minimum Gasteiger partial charge on any atom is -0.126 e. The van der Waals surface area contributed by atoms with Gasteiger partial charge in [0.2, 0.25) is 0 Å². The monoisotopic (exact) mass is 360 g/mol. The van der Waals surface area contributed by atoms with Crippen LogP contribution in [0, 0.1) is 5.41 Å². The molecule has 0 aromatic heterocycles. The Morgan fingerprint density at radius 3 is 2.05 bits per heavy atom. The van der Waals surface area contributed by atoms with Gasteiger partial charge in [-0.3, -0.25) is 0 Å². The Balaban J connectivity index is 2.27. The molecule has 0 unspecified atom stereocenters. The molecule has 0 N–H and O–H groups in total. The van der Waals surface area contributed by atoms with E-state index in [0.29, 0.717) is 28.2 Å². The van der Waals surface area contributed by atoms with E-state index in [-0.39, 0.29) is 5.41 Å². The van der Waals surface area contributed by atoms with Gasteiger partial charge in [0.05, 0.1) is 10.0 Å². The van der Waals surface area contributed by atoms with Crippen LogP contribution in [0.3, 0.4) is 0 Å². The Hall–Kier alpha value is -0.400. The maximum absolute atomic E-state index is 6.30. The van der Waals surface area contributed by atoms with Crippen molar-refractivity contribution in [2.24, 2.45) is 5.41 Å². The molecule has 0 bridgehead atoms. The first-order chi connectivity index (χ1) is 10.1. The van der Waals surface area contributed by atoms with Crippen LogP contribution >= 0.6 is 46.4 Å². The van der Waals surface area contributed by atoms with Crippen LogP contribution in [-0.4, -0.2) is 11.8 Å².